The SMILES string of the molecule is CCOCC(C)Oc1cn[nH]c(=O)c1. The molecule has 5 nitrogen and oxygen atoms in total. The maximum Gasteiger partial charge on any atom is 0.267 e. The van der Waals surface area contributed by atoms with E-state index in [4.69, 9.17) is 9.47 Å². The number of nitrogens with zero attached hydrogens (tertiary/aromatic N) is 1. The standard InChI is InChI=1S/C9H14N2O3/c1-3-13-6-7(2)14-8-4-9(12)11-10-5-8/h4-5,7H,3,6H2,1-2H3,(H,11,12). The third kappa shape index (κ3) is 3.57. The molecule has 78 valence electrons. The molecule has 0 aliphatic heterocycles. The number of aromatic amines is 1. The van der Waals surface area contributed by atoms with Crippen LogP contribution >= 0.6 is 0 Å². The normalized spacial score (nSPS) is 12.4. The fourth-order valence-electron chi connectivity index (χ4n) is 0.973. The molecular formula is C9H14N2O3. The predicted octanol–water partition coefficient (Wildman–Crippen LogP) is 0.574. The van der Waals surface area contributed by atoms with Gasteiger partial charge in [-0.3, -0.25) is 4.79 Å². The summed E-state index contributed by atoms with van der Waals surface area (Å²) in [5, 5.41) is 5.89. The minimum Gasteiger partial charge on any atom is -0.486 e. The molecule has 0 aliphatic rings. The molecule has 0 spiro atoms. The Hall–Kier alpha value is -1.36. The van der Waals surface area contributed by atoms with Crippen molar-refractivity contribution in [2.24, 2.45) is 0 Å². The van der Waals surface area contributed by atoms with E-state index >= 15 is 0 Å². The molecule has 0 amide bonds. The van der Waals surface area contributed by atoms with Gasteiger partial charge in [0.05, 0.1) is 12.8 Å². The predicted molar refractivity (Wildman–Crippen MR) is 51.4 cm³/mol. The summed E-state index contributed by atoms with van der Waals surface area (Å²) in [6.45, 7) is 4.95. The molecule has 0 radical (unpaired) electrons. The van der Waals surface area contributed by atoms with Crippen LogP contribution in [0.5, 0.6) is 5.75 Å². The number of hydrogen-bond donors (Lipinski definition) is 1. The Morgan fingerprint density at radius 2 is 2.43 bits per heavy atom. The van der Waals surface area contributed by atoms with E-state index in [1.54, 1.807) is 0 Å². The zero-order chi connectivity index (χ0) is 10.4. The maximum atomic E-state index is 10.9. The molecule has 5 heteroatoms. The van der Waals surface area contributed by atoms with Gasteiger partial charge in [-0.1, -0.05) is 0 Å². The molecule has 1 atom stereocenters. The van der Waals surface area contributed by atoms with Crippen molar-refractivity contribution >= 4 is 0 Å². The van der Waals surface area contributed by atoms with Gasteiger partial charge in [0.15, 0.2) is 0 Å². The molecule has 0 saturated heterocycles. The monoisotopic (exact) mass is 198 g/mol. The Labute approximate surface area is 82.1 Å². The van der Waals surface area contributed by atoms with Crippen LogP contribution < -0.4 is 10.3 Å². The van der Waals surface area contributed by atoms with Crippen LogP contribution in [-0.4, -0.2) is 29.5 Å². The highest BCUT2D eigenvalue weighted by molar-refractivity contribution is 5.13. The van der Waals surface area contributed by atoms with Crippen LogP contribution in [0.3, 0.4) is 0 Å². The number of nitrogens with one attached hydrogen (secondary N) is 1. The Kier molecular flexibility index (Phi) is 4.12. The van der Waals surface area contributed by atoms with Gasteiger partial charge in [-0.25, -0.2) is 5.10 Å². The Morgan fingerprint density at radius 1 is 1.64 bits per heavy atom. The lowest BCUT2D eigenvalue weighted by molar-refractivity contribution is 0.0654. The van der Waals surface area contributed by atoms with Gasteiger partial charge in [0.2, 0.25) is 0 Å². The number of H-pyrrole nitrogens is 1. The average molecular weight is 198 g/mol. The number of rotatable bonds is 5. The van der Waals surface area contributed by atoms with E-state index in [1.165, 1.54) is 12.3 Å². The van der Waals surface area contributed by atoms with E-state index in [1.807, 2.05) is 13.8 Å². The van der Waals surface area contributed by atoms with Gasteiger partial charge in [0, 0.05) is 12.7 Å². The van der Waals surface area contributed by atoms with Crippen molar-refractivity contribution < 1.29 is 9.47 Å². The topological polar surface area (TPSA) is 64.2 Å². The summed E-state index contributed by atoms with van der Waals surface area (Å²) >= 11 is 0. The van der Waals surface area contributed by atoms with Gasteiger partial charge in [-0.15, -0.1) is 0 Å². The fraction of sp³-hybridized carbons (Fsp3) is 0.556. The summed E-state index contributed by atoms with van der Waals surface area (Å²) in [6.07, 6.45) is 1.38. The van der Waals surface area contributed by atoms with Crippen LogP contribution in [0.1, 0.15) is 13.8 Å². The van der Waals surface area contributed by atoms with E-state index in [-0.39, 0.29) is 11.7 Å². The minimum absolute atomic E-state index is 0.0847. The fourth-order valence-corrected chi connectivity index (χ4v) is 0.973. The molecule has 0 aliphatic carbocycles. The summed E-state index contributed by atoms with van der Waals surface area (Å²) in [4.78, 5) is 10.9. The summed E-state index contributed by atoms with van der Waals surface area (Å²) in [5.41, 5.74) is -0.272. The lowest BCUT2D eigenvalue weighted by Crippen LogP contribution is -2.20. The van der Waals surface area contributed by atoms with E-state index in [0.29, 0.717) is 19.0 Å². The van der Waals surface area contributed by atoms with Crippen LogP contribution in [0.4, 0.5) is 0 Å². The first-order valence-corrected chi connectivity index (χ1v) is 4.51. The van der Waals surface area contributed by atoms with Gasteiger partial charge in [-0.05, 0) is 13.8 Å². The molecule has 14 heavy (non-hydrogen) atoms. The van der Waals surface area contributed by atoms with Crippen molar-refractivity contribution in [2.75, 3.05) is 13.2 Å². The highest BCUT2D eigenvalue weighted by Gasteiger charge is 2.03. The smallest absolute Gasteiger partial charge is 0.267 e. The largest absolute Gasteiger partial charge is 0.486 e. The molecule has 1 rings (SSSR count). The molecule has 0 aromatic carbocycles. The van der Waals surface area contributed by atoms with Crippen molar-refractivity contribution in [3.8, 4) is 5.75 Å². The van der Waals surface area contributed by atoms with Gasteiger partial charge >= 0.3 is 0 Å². The van der Waals surface area contributed by atoms with E-state index < -0.39 is 0 Å². The Bertz CT molecular complexity index is 324. The third-order valence-electron chi connectivity index (χ3n) is 1.53. The summed E-state index contributed by atoms with van der Waals surface area (Å²) in [6, 6.07) is 1.36. The molecule has 1 aromatic rings. The molecule has 1 aromatic heterocycles. The number of aromatic nitrogens is 2. The lowest BCUT2D eigenvalue weighted by atomic mass is 10.4. The van der Waals surface area contributed by atoms with Crippen LogP contribution in [0.25, 0.3) is 0 Å². The van der Waals surface area contributed by atoms with Crippen molar-refractivity contribution in [1.29, 1.82) is 0 Å². The van der Waals surface area contributed by atoms with Gasteiger partial charge < -0.3 is 9.47 Å². The second kappa shape index (κ2) is 5.39. The maximum absolute atomic E-state index is 10.9. The van der Waals surface area contributed by atoms with Crippen LogP contribution in [0, 0.1) is 0 Å². The van der Waals surface area contributed by atoms with Crippen molar-refractivity contribution in [1.82, 2.24) is 10.2 Å². The van der Waals surface area contributed by atoms with Crippen LogP contribution in [-0.2, 0) is 4.74 Å². The van der Waals surface area contributed by atoms with Crippen molar-refractivity contribution in [3.05, 3.63) is 22.6 Å². The summed E-state index contributed by atoms with van der Waals surface area (Å²) in [7, 11) is 0. The Balaban J connectivity index is 2.47. The second-order valence-electron chi connectivity index (χ2n) is 2.87. The zero-order valence-corrected chi connectivity index (χ0v) is 8.32. The lowest BCUT2D eigenvalue weighted by Gasteiger charge is -2.13. The minimum atomic E-state index is -0.272. The van der Waals surface area contributed by atoms with E-state index in [0.717, 1.165) is 0 Å². The average Bonchev–Trinajstić information content (AvgIpc) is 2.15. The molecule has 1 unspecified atom stereocenters. The highest BCUT2D eigenvalue weighted by Crippen LogP contribution is 2.05. The van der Waals surface area contributed by atoms with E-state index in [2.05, 4.69) is 10.2 Å². The molecular weight excluding hydrogens is 184 g/mol. The first-order valence-electron chi connectivity index (χ1n) is 4.51. The third-order valence-corrected chi connectivity index (χ3v) is 1.53. The molecule has 0 bridgehead atoms. The zero-order valence-electron chi connectivity index (χ0n) is 8.32. The molecule has 0 fully saturated rings. The first-order chi connectivity index (χ1) is 6.72. The van der Waals surface area contributed by atoms with E-state index in [9.17, 15) is 4.79 Å². The second-order valence-corrected chi connectivity index (χ2v) is 2.87. The highest BCUT2D eigenvalue weighted by atomic mass is 16.5. The van der Waals surface area contributed by atoms with Crippen LogP contribution in [0.2, 0.25) is 0 Å². The quantitative estimate of drug-likeness (QED) is 0.751. The molecule has 1 heterocycles. The van der Waals surface area contributed by atoms with Gasteiger partial charge in [-0.2, -0.15) is 5.10 Å². The Morgan fingerprint density at radius 3 is 3.07 bits per heavy atom. The van der Waals surface area contributed by atoms with Gasteiger partial charge in [0.1, 0.15) is 11.9 Å². The first kappa shape index (κ1) is 10.7. The summed E-state index contributed by atoms with van der Waals surface area (Å²) < 4.78 is 10.6. The number of hydrogen-bond acceptors (Lipinski definition) is 4. The molecule has 0 saturated carbocycles. The van der Waals surface area contributed by atoms with Crippen LogP contribution in [0.15, 0.2) is 17.1 Å². The summed E-state index contributed by atoms with van der Waals surface area (Å²) in [5.74, 6) is 0.459. The van der Waals surface area contributed by atoms with Gasteiger partial charge in [0.25, 0.3) is 5.56 Å². The van der Waals surface area contributed by atoms with Crippen molar-refractivity contribution in [2.45, 2.75) is 20.0 Å². The molecule has 1 N–H and O–H groups in total. The number of ether oxygens (including phenoxy) is 2. The van der Waals surface area contributed by atoms with Crippen molar-refractivity contribution in [3.63, 3.8) is 0 Å².